The predicted molar refractivity (Wildman–Crippen MR) is 136 cm³/mol. The fourth-order valence-corrected chi connectivity index (χ4v) is 6.08. The number of amides is 1. The molecule has 3 aromatic carbocycles. The van der Waals surface area contributed by atoms with Crippen LogP contribution in [0.4, 0.5) is 0 Å². The summed E-state index contributed by atoms with van der Waals surface area (Å²) < 4.78 is 1.61. The van der Waals surface area contributed by atoms with E-state index in [9.17, 15) is 4.79 Å². The Morgan fingerprint density at radius 1 is 1.03 bits per heavy atom. The van der Waals surface area contributed by atoms with Crippen molar-refractivity contribution in [1.82, 2.24) is 15.6 Å². The minimum Gasteiger partial charge on any atom is -0.272 e. The smallest absolute Gasteiger partial charge is 0.250 e. The fraction of sp³-hybridized carbons (Fsp3) is 0.0909. The van der Waals surface area contributed by atoms with Gasteiger partial charge < -0.3 is 0 Å². The van der Waals surface area contributed by atoms with Crippen molar-refractivity contribution >= 4 is 81.0 Å². The van der Waals surface area contributed by atoms with Crippen molar-refractivity contribution in [2.24, 2.45) is 5.10 Å². The second-order valence-corrected chi connectivity index (χ2v) is 10.8. The summed E-state index contributed by atoms with van der Waals surface area (Å²) in [4.78, 5) is 12.0. The molecule has 0 bridgehead atoms. The van der Waals surface area contributed by atoms with Crippen LogP contribution >= 0.6 is 58.1 Å². The van der Waals surface area contributed by atoms with E-state index >= 15 is 0 Å². The van der Waals surface area contributed by atoms with Gasteiger partial charge in [-0.3, -0.25) is 4.79 Å². The van der Waals surface area contributed by atoms with Crippen molar-refractivity contribution in [3.05, 3.63) is 81.8 Å². The summed E-state index contributed by atoms with van der Waals surface area (Å²) in [7, 11) is 0. The normalized spacial score (nSPS) is 11.3. The molecule has 4 aromatic rings. The number of hydrazone groups is 1. The van der Waals surface area contributed by atoms with Crippen LogP contribution < -0.4 is 5.43 Å². The highest BCUT2D eigenvalue weighted by atomic mass is 35.5. The minimum atomic E-state index is -0.239. The third-order valence-corrected chi connectivity index (χ3v) is 8.10. The Labute approximate surface area is 207 Å². The van der Waals surface area contributed by atoms with E-state index in [2.05, 4.69) is 57.1 Å². The Bertz CT molecular complexity index is 1270. The van der Waals surface area contributed by atoms with Crippen molar-refractivity contribution in [2.45, 2.75) is 14.4 Å². The number of nitrogens with zero attached hydrogens (tertiary/aromatic N) is 3. The maximum atomic E-state index is 12.0. The third-order valence-electron chi connectivity index (χ3n) is 4.30. The summed E-state index contributed by atoms with van der Waals surface area (Å²) >= 11 is 16.4. The quantitative estimate of drug-likeness (QED) is 0.163. The van der Waals surface area contributed by atoms with E-state index in [1.54, 1.807) is 30.0 Å². The Kier molecular flexibility index (Phi) is 8.05. The molecule has 1 heterocycles. The van der Waals surface area contributed by atoms with Crippen molar-refractivity contribution in [2.75, 3.05) is 5.75 Å². The molecule has 0 saturated heterocycles. The number of aromatic nitrogens is 2. The number of fused-ring (bicyclic) bond motifs is 1. The van der Waals surface area contributed by atoms with Gasteiger partial charge in [0.1, 0.15) is 0 Å². The second-order valence-electron chi connectivity index (χ2n) is 6.51. The topological polar surface area (TPSA) is 67.2 Å². The molecule has 0 aliphatic carbocycles. The molecule has 32 heavy (non-hydrogen) atoms. The van der Waals surface area contributed by atoms with Crippen LogP contribution in [0.1, 0.15) is 11.1 Å². The van der Waals surface area contributed by atoms with E-state index in [0.717, 1.165) is 14.4 Å². The number of rotatable bonds is 8. The summed E-state index contributed by atoms with van der Waals surface area (Å²) in [5.74, 6) is 0.758. The monoisotopic (exact) mass is 518 g/mol. The van der Waals surface area contributed by atoms with E-state index in [4.69, 9.17) is 23.2 Å². The van der Waals surface area contributed by atoms with Gasteiger partial charge in [0.25, 0.3) is 5.91 Å². The van der Waals surface area contributed by atoms with Crippen LogP contribution in [0.2, 0.25) is 10.0 Å². The summed E-state index contributed by atoms with van der Waals surface area (Å²) in [6.07, 6.45) is 1.48. The lowest BCUT2D eigenvalue weighted by Crippen LogP contribution is -2.19. The lowest BCUT2D eigenvalue weighted by atomic mass is 10.1. The average Bonchev–Trinajstić information content (AvgIpc) is 3.25. The van der Waals surface area contributed by atoms with Gasteiger partial charge in [0.2, 0.25) is 0 Å². The zero-order valence-corrected chi connectivity index (χ0v) is 20.5. The average molecular weight is 520 g/mol. The van der Waals surface area contributed by atoms with Crippen LogP contribution in [-0.4, -0.2) is 28.1 Å². The molecule has 10 heteroatoms. The first-order valence-corrected chi connectivity index (χ1v) is 13.0. The van der Waals surface area contributed by atoms with Crippen molar-refractivity contribution in [1.29, 1.82) is 0 Å². The minimum absolute atomic E-state index is 0.189. The Balaban J connectivity index is 1.26. The molecule has 0 spiro atoms. The van der Waals surface area contributed by atoms with Gasteiger partial charge in [-0.15, -0.1) is 10.2 Å². The Morgan fingerprint density at radius 3 is 2.66 bits per heavy atom. The molecule has 0 unspecified atom stereocenters. The van der Waals surface area contributed by atoms with Crippen LogP contribution in [-0.2, 0) is 10.5 Å². The van der Waals surface area contributed by atoms with Gasteiger partial charge in [-0.1, -0.05) is 107 Å². The highest BCUT2D eigenvalue weighted by Crippen LogP contribution is 2.32. The zero-order valence-electron chi connectivity index (χ0n) is 16.5. The van der Waals surface area contributed by atoms with Crippen molar-refractivity contribution in [3.63, 3.8) is 0 Å². The molecule has 1 N–H and O–H groups in total. The summed E-state index contributed by atoms with van der Waals surface area (Å²) in [5.41, 5.74) is 4.41. The fourth-order valence-electron chi connectivity index (χ4n) is 2.81. The van der Waals surface area contributed by atoms with Gasteiger partial charge in [-0.05, 0) is 28.5 Å². The molecular formula is C22H16Cl2N4OS3. The number of hydrogen-bond donors (Lipinski definition) is 1. The lowest BCUT2D eigenvalue weighted by molar-refractivity contribution is -0.118. The number of hydrogen-bond acceptors (Lipinski definition) is 7. The lowest BCUT2D eigenvalue weighted by Gasteiger charge is -2.04. The number of carbonyl (C=O) groups is 1. The first-order chi connectivity index (χ1) is 15.6. The molecule has 0 aliphatic rings. The number of thioether (sulfide) groups is 2. The standard InChI is InChI=1S/C22H16Cl2N4OS3/c23-17-9-8-15(19(24)10-17)11-25-26-20(29)13-31-22-28-27-21(32-22)30-12-16-6-3-5-14-4-1-2-7-18(14)16/h1-11H,12-13H2,(H,26,29)/b25-11+. The maximum absolute atomic E-state index is 12.0. The van der Waals surface area contributed by atoms with Crippen LogP contribution in [0, 0.1) is 0 Å². The van der Waals surface area contributed by atoms with E-state index in [-0.39, 0.29) is 11.7 Å². The molecule has 5 nitrogen and oxygen atoms in total. The Morgan fingerprint density at radius 2 is 1.81 bits per heavy atom. The van der Waals surface area contributed by atoms with Gasteiger partial charge in [-0.25, -0.2) is 5.43 Å². The van der Waals surface area contributed by atoms with Gasteiger partial charge in [-0.2, -0.15) is 5.10 Å². The zero-order chi connectivity index (χ0) is 22.3. The van der Waals surface area contributed by atoms with E-state index in [0.29, 0.717) is 15.6 Å². The molecule has 4 rings (SSSR count). The molecule has 0 saturated carbocycles. The van der Waals surface area contributed by atoms with Crippen molar-refractivity contribution in [3.8, 4) is 0 Å². The number of benzene rings is 3. The highest BCUT2D eigenvalue weighted by molar-refractivity contribution is 8.03. The number of carbonyl (C=O) groups excluding carboxylic acids is 1. The maximum Gasteiger partial charge on any atom is 0.250 e. The van der Waals surface area contributed by atoms with Crippen LogP contribution in [0.15, 0.2) is 74.4 Å². The van der Waals surface area contributed by atoms with Crippen LogP contribution in [0.3, 0.4) is 0 Å². The Hall–Kier alpha value is -2.10. The number of nitrogens with one attached hydrogen (secondary N) is 1. The van der Waals surface area contributed by atoms with Crippen molar-refractivity contribution < 1.29 is 4.79 Å². The molecular weight excluding hydrogens is 503 g/mol. The SMILES string of the molecule is O=C(CSc1nnc(SCc2cccc3ccccc23)s1)N/N=C/c1ccc(Cl)cc1Cl. The third kappa shape index (κ3) is 6.24. The molecule has 1 aromatic heterocycles. The largest absolute Gasteiger partial charge is 0.272 e. The van der Waals surface area contributed by atoms with Gasteiger partial charge >= 0.3 is 0 Å². The molecule has 0 aliphatic heterocycles. The summed E-state index contributed by atoms with van der Waals surface area (Å²) in [5, 5.41) is 15.8. The highest BCUT2D eigenvalue weighted by Gasteiger charge is 2.09. The van der Waals surface area contributed by atoms with E-state index in [1.807, 2.05) is 6.07 Å². The van der Waals surface area contributed by atoms with Gasteiger partial charge in [0.15, 0.2) is 8.68 Å². The first kappa shape index (κ1) is 23.1. The van der Waals surface area contributed by atoms with Gasteiger partial charge in [0.05, 0.1) is 17.0 Å². The molecule has 0 atom stereocenters. The predicted octanol–water partition coefficient (Wildman–Crippen LogP) is 6.53. The van der Waals surface area contributed by atoms with Gasteiger partial charge in [0, 0.05) is 16.3 Å². The van der Waals surface area contributed by atoms with E-state index in [1.165, 1.54) is 45.6 Å². The number of halogens is 2. The molecule has 1 amide bonds. The summed E-state index contributed by atoms with van der Waals surface area (Å²) in [6.45, 7) is 0. The van der Waals surface area contributed by atoms with Crippen LogP contribution in [0.25, 0.3) is 10.8 Å². The molecule has 162 valence electrons. The van der Waals surface area contributed by atoms with E-state index < -0.39 is 0 Å². The first-order valence-electron chi connectivity index (χ1n) is 9.41. The molecule has 0 radical (unpaired) electrons. The second kappa shape index (κ2) is 11.2. The molecule has 0 fully saturated rings. The summed E-state index contributed by atoms with van der Waals surface area (Å²) in [6, 6.07) is 19.7. The van der Waals surface area contributed by atoms with Crippen LogP contribution in [0.5, 0.6) is 0 Å².